The maximum Gasteiger partial charge on any atom is 0.412 e. The van der Waals surface area contributed by atoms with Crippen LogP contribution in [0.3, 0.4) is 0 Å². The third kappa shape index (κ3) is 7.67. The first-order chi connectivity index (χ1) is 15.4. The maximum absolute atomic E-state index is 14.0. The number of ether oxygens (including phenoxy) is 3. The van der Waals surface area contributed by atoms with Crippen LogP contribution in [0.25, 0.3) is 0 Å². The molecule has 2 aromatic carbocycles. The number of carboxylic acids is 1. The molecule has 0 radical (unpaired) electrons. The number of carbonyl (C=O) groups excluding carboxylic acids is 1. The molecule has 0 fully saturated rings. The molecule has 2 aromatic rings. The molecule has 0 aliphatic rings. The van der Waals surface area contributed by atoms with Gasteiger partial charge in [-0.05, 0) is 37.6 Å². The predicted molar refractivity (Wildman–Crippen MR) is 114 cm³/mol. The van der Waals surface area contributed by atoms with Crippen LogP contribution in [-0.4, -0.2) is 36.5 Å². The van der Waals surface area contributed by atoms with Crippen molar-refractivity contribution in [1.29, 1.82) is 0 Å². The van der Waals surface area contributed by atoms with E-state index in [0.717, 1.165) is 12.1 Å². The van der Waals surface area contributed by atoms with Crippen LogP contribution in [-0.2, 0) is 33.2 Å². The van der Waals surface area contributed by atoms with Crippen molar-refractivity contribution in [2.45, 2.75) is 51.9 Å². The molecule has 0 bridgehead atoms. The van der Waals surface area contributed by atoms with Crippen molar-refractivity contribution in [3.05, 3.63) is 58.9 Å². The Hall–Kier alpha value is -3.27. The summed E-state index contributed by atoms with van der Waals surface area (Å²) in [6.07, 6.45) is -2.16. The van der Waals surface area contributed by atoms with Gasteiger partial charge in [-0.25, -0.2) is 22.8 Å². The van der Waals surface area contributed by atoms with Gasteiger partial charge in [0.1, 0.15) is 18.2 Å². The summed E-state index contributed by atoms with van der Waals surface area (Å²) < 4.78 is 56.2. The third-order valence-electron chi connectivity index (χ3n) is 4.55. The number of anilines is 1. The highest BCUT2D eigenvalue weighted by Gasteiger charge is 2.25. The summed E-state index contributed by atoms with van der Waals surface area (Å²) in [5.74, 6) is -4.96. The number of alkyl halides is 2. The van der Waals surface area contributed by atoms with Gasteiger partial charge in [0.25, 0.3) is 5.92 Å². The number of benzene rings is 2. The molecule has 7 nitrogen and oxygen atoms in total. The zero-order valence-corrected chi connectivity index (χ0v) is 18.7. The number of hydrogen-bond acceptors (Lipinski definition) is 5. The molecule has 0 aromatic heterocycles. The van der Waals surface area contributed by atoms with Crippen LogP contribution in [0.5, 0.6) is 5.75 Å². The second kappa shape index (κ2) is 11.0. The van der Waals surface area contributed by atoms with Crippen molar-refractivity contribution in [2.75, 3.05) is 12.4 Å². The van der Waals surface area contributed by atoms with E-state index in [2.05, 4.69) is 5.32 Å². The molecule has 1 unspecified atom stereocenters. The lowest BCUT2D eigenvalue weighted by Gasteiger charge is -2.18. The first kappa shape index (κ1) is 26.0. The van der Waals surface area contributed by atoms with Crippen LogP contribution in [0, 0.1) is 5.82 Å². The van der Waals surface area contributed by atoms with Gasteiger partial charge in [-0.1, -0.05) is 18.2 Å². The molecule has 10 heteroatoms. The number of rotatable bonds is 10. The number of amides is 1. The van der Waals surface area contributed by atoms with Gasteiger partial charge in [0.05, 0.1) is 18.9 Å². The highest BCUT2D eigenvalue weighted by Crippen LogP contribution is 2.29. The summed E-state index contributed by atoms with van der Waals surface area (Å²) in [5, 5.41) is 11.8. The first-order valence-electron chi connectivity index (χ1n) is 10.1. The molecule has 0 aliphatic carbocycles. The number of aliphatic carboxylic acids is 1. The lowest BCUT2D eigenvalue weighted by Crippen LogP contribution is -2.29. The van der Waals surface area contributed by atoms with E-state index >= 15 is 0 Å². The zero-order chi connectivity index (χ0) is 24.8. The Kier molecular flexibility index (Phi) is 8.69. The minimum atomic E-state index is -3.19. The Balaban J connectivity index is 2.03. The van der Waals surface area contributed by atoms with Gasteiger partial charge in [0.15, 0.2) is 6.10 Å². The average molecular weight is 469 g/mol. The number of halogens is 3. The second-order valence-corrected chi connectivity index (χ2v) is 7.65. The molecular weight excluding hydrogens is 443 g/mol. The van der Waals surface area contributed by atoms with E-state index in [0.29, 0.717) is 18.6 Å². The van der Waals surface area contributed by atoms with E-state index in [1.54, 1.807) is 26.0 Å². The maximum atomic E-state index is 14.0. The van der Waals surface area contributed by atoms with Gasteiger partial charge in [-0.3, -0.25) is 5.32 Å². The molecule has 1 atom stereocenters. The zero-order valence-electron chi connectivity index (χ0n) is 18.7. The molecular formula is C23H26F3NO6. The van der Waals surface area contributed by atoms with E-state index in [4.69, 9.17) is 14.2 Å². The summed E-state index contributed by atoms with van der Waals surface area (Å²) in [7, 11) is 1.37. The monoisotopic (exact) mass is 469 g/mol. The molecule has 2 N–H and O–H groups in total. The molecule has 1 amide bonds. The number of nitrogens with one attached hydrogen (secondary N) is 1. The van der Waals surface area contributed by atoms with Crippen LogP contribution < -0.4 is 10.1 Å². The van der Waals surface area contributed by atoms with Gasteiger partial charge in [-0.15, -0.1) is 0 Å². The minimum Gasteiger partial charge on any atom is -0.495 e. The Bertz CT molecular complexity index is 991. The topological polar surface area (TPSA) is 94.1 Å². The van der Waals surface area contributed by atoms with Crippen molar-refractivity contribution in [3.8, 4) is 5.75 Å². The van der Waals surface area contributed by atoms with Gasteiger partial charge in [0, 0.05) is 24.5 Å². The molecule has 0 saturated heterocycles. The Labute approximate surface area is 189 Å². The van der Waals surface area contributed by atoms with Crippen molar-refractivity contribution >= 4 is 17.7 Å². The molecule has 0 spiro atoms. The SMILES string of the molecule is COc1cc(CC(OC(C)C)C(=O)O)ccc1NC(=O)OCc1ccc(C(C)(F)F)cc1F. The van der Waals surface area contributed by atoms with Crippen LogP contribution in [0.1, 0.15) is 37.5 Å². The summed E-state index contributed by atoms with van der Waals surface area (Å²) >= 11 is 0. The lowest BCUT2D eigenvalue weighted by atomic mass is 10.1. The van der Waals surface area contributed by atoms with Crippen LogP contribution in [0.15, 0.2) is 36.4 Å². The summed E-state index contributed by atoms with van der Waals surface area (Å²) in [5.41, 5.74) is 0.297. The van der Waals surface area contributed by atoms with E-state index in [1.165, 1.54) is 13.2 Å². The number of hydrogen-bond donors (Lipinski definition) is 2. The van der Waals surface area contributed by atoms with Crippen molar-refractivity contribution in [1.82, 2.24) is 0 Å². The highest BCUT2D eigenvalue weighted by molar-refractivity contribution is 5.86. The average Bonchev–Trinajstić information content (AvgIpc) is 2.72. The fourth-order valence-electron chi connectivity index (χ4n) is 2.93. The standard InChI is InChI=1S/C23H26F3NO6/c1-13(2)33-20(21(28)29)10-14-5-8-18(19(9-14)31-4)27-22(30)32-12-15-6-7-16(11-17(15)24)23(3,25)26/h5-9,11,13,20H,10,12H2,1-4H3,(H,27,30)(H,28,29). The fraction of sp³-hybridized carbons (Fsp3) is 0.391. The quantitative estimate of drug-likeness (QED) is 0.502. The molecule has 0 saturated carbocycles. The highest BCUT2D eigenvalue weighted by atomic mass is 19.3. The normalized spacial score (nSPS) is 12.4. The van der Waals surface area contributed by atoms with Crippen LogP contribution >= 0.6 is 0 Å². The van der Waals surface area contributed by atoms with E-state index in [1.807, 2.05) is 0 Å². The summed E-state index contributed by atoms with van der Waals surface area (Å²) in [6, 6.07) is 7.55. The van der Waals surface area contributed by atoms with Gasteiger partial charge in [-0.2, -0.15) is 0 Å². The Morgan fingerprint density at radius 3 is 2.39 bits per heavy atom. The lowest BCUT2D eigenvalue weighted by molar-refractivity contribution is -0.153. The summed E-state index contributed by atoms with van der Waals surface area (Å²) in [4.78, 5) is 23.5. The third-order valence-corrected chi connectivity index (χ3v) is 4.55. The molecule has 180 valence electrons. The minimum absolute atomic E-state index is 0.0645. The molecule has 0 heterocycles. The van der Waals surface area contributed by atoms with Crippen molar-refractivity contribution in [3.63, 3.8) is 0 Å². The largest absolute Gasteiger partial charge is 0.495 e. The van der Waals surface area contributed by atoms with Gasteiger partial charge < -0.3 is 19.3 Å². The number of carboxylic acid groups (broad SMARTS) is 1. The molecule has 2 rings (SSSR count). The van der Waals surface area contributed by atoms with Gasteiger partial charge in [0.2, 0.25) is 0 Å². The molecule has 0 aliphatic heterocycles. The van der Waals surface area contributed by atoms with Crippen LogP contribution in [0.4, 0.5) is 23.7 Å². The smallest absolute Gasteiger partial charge is 0.412 e. The second-order valence-electron chi connectivity index (χ2n) is 7.65. The fourth-order valence-corrected chi connectivity index (χ4v) is 2.93. The van der Waals surface area contributed by atoms with Crippen molar-refractivity contribution in [2.24, 2.45) is 0 Å². The molecule has 33 heavy (non-hydrogen) atoms. The van der Waals surface area contributed by atoms with Crippen LogP contribution in [0.2, 0.25) is 0 Å². The van der Waals surface area contributed by atoms with Gasteiger partial charge >= 0.3 is 12.1 Å². The van der Waals surface area contributed by atoms with E-state index < -0.39 is 42.1 Å². The van der Waals surface area contributed by atoms with Crippen molar-refractivity contribution < 1.29 is 42.1 Å². The number of carbonyl (C=O) groups is 2. The summed E-state index contributed by atoms with van der Waals surface area (Å²) in [6.45, 7) is 3.65. The first-order valence-corrected chi connectivity index (χ1v) is 10.1. The van der Waals surface area contributed by atoms with E-state index in [9.17, 15) is 27.9 Å². The van der Waals surface area contributed by atoms with E-state index in [-0.39, 0.29) is 29.5 Å². The Morgan fingerprint density at radius 1 is 1.15 bits per heavy atom. The number of methoxy groups -OCH3 is 1. The predicted octanol–water partition coefficient (Wildman–Crippen LogP) is 5.12. The Morgan fingerprint density at radius 2 is 1.85 bits per heavy atom.